The Morgan fingerprint density at radius 1 is 1.39 bits per heavy atom. The van der Waals surface area contributed by atoms with E-state index in [2.05, 4.69) is 22.3 Å². The lowest BCUT2D eigenvalue weighted by Gasteiger charge is -2.18. The third kappa shape index (κ3) is 2.56. The summed E-state index contributed by atoms with van der Waals surface area (Å²) in [4.78, 5) is 4.15. The molecule has 0 aliphatic carbocycles. The first-order chi connectivity index (χ1) is 8.74. The van der Waals surface area contributed by atoms with Crippen LogP contribution in [0.25, 0.3) is 0 Å². The van der Waals surface area contributed by atoms with Gasteiger partial charge in [0.2, 0.25) is 0 Å². The molecule has 18 heavy (non-hydrogen) atoms. The molecule has 0 spiro atoms. The number of hydrogen-bond donors (Lipinski definition) is 1. The Kier molecular flexibility index (Phi) is 4.04. The summed E-state index contributed by atoms with van der Waals surface area (Å²) < 4.78 is 15.6. The second-order valence-electron chi connectivity index (χ2n) is 4.14. The molecule has 4 nitrogen and oxygen atoms in total. The van der Waals surface area contributed by atoms with Crippen LogP contribution in [0.2, 0.25) is 0 Å². The van der Waals surface area contributed by atoms with E-state index in [4.69, 9.17) is 0 Å². The predicted octanol–water partition coefficient (Wildman–Crippen LogP) is 2.04. The molecule has 0 aliphatic rings. The molecule has 2 aromatic heterocycles. The summed E-state index contributed by atoms with van der Waals surface area (Å²) >= 11 is 0. The Hall–Kier alpha value is -1.75. The quantitative estimate of drug-likeness (QED) is 0.880. The first-order valence-corrected chi connectivity index (χ1v) is 6.05. The van der Waals surface area contributed by atoms with E-state index < -0.39 is 0 Å². The summed E-state index contributed by atoms with van der Waals surface area (Å²) in [6.45, 7) is 2.87. The summed E-state index contributed by atoms with van der Waals surface area (Å²) in [6.07, 6.45) is 4.29. The molecular weight excluding hydrogens is 231 g/mol. The lowest BCUT2D eigenvalue weighted by molar-refractivity contribution is 0.507. The minimum atomic E-state index is -0.299. The molecule has 0 amide bonds. The molecule has 0 bridgehead atoms. The Labute approximate surface area is 106 Å². The van der Waals surface area contributed by atoms with Gasteiger partial charge in [-0.15, -0.1) is 0 Å². The van der Waals surface area contributed by atoms with E-state index in [0.717, 1.165) is 18.7 Å². The second kappa shape index (κ2) is 5.73. The monoisotopic (exact) mass is 248 g/mol. The van der Waals surface area contributed by atoms with Crippen LogP contribution in [0.15, 0.2) is 30.6 Å². The van der Waals surface area contributed by atoms with Crippen LogP contribution in [0.5, 0.6) is 0 Å². The molecule has 2 aromatic rings. The van der Waals surface area contributed by atoms with Crippen molar-refractivity contribution in [3.63, 3.8) is 0 Å². The lowest BCUT2D eigenvalue weighted by atomic mass is 10.1. The van der Waals surface area contributed by atoms with Crippen molar-refractivity contribution in [2.24, 2.45) is 7.05 Å². The average Bonchev–Trinajstić information content (AvgIpc) is 2.78. The fourth-order valence-electron chi connectivity index (χ4n) is 1.91. The van der Waals surface area contributed by atoms with Gasteiger partial charge in [-0.05, 0) is 31.2 Å². The Morgan fingerprint density at radius 2 is 2.22 bits per heavy atom. The molecule has 1 atom stereocenters. The lowest BCUT2D eigenvalue weighted by Crippen LogP contribution is -2.27. The molecule has 0 aromatic carbocycles. The van der Waals surface area contributed by atoms with Gasteiger partial charge in [0.25, 0.3) is 0 Å². The van der Waals surface area contributed by atoms with Crippen LogP contribution in [0.1, 0.15) is 30.8 Å². The number of aryl methyl sites for hydroxylation is 1. The SMILES string of the molecule is CCCNC(c1ncccc1F)c1ccnn1C. The van der Waals surface area contributed by atoms with Crippen LogP contribution in [0, 0.1) is 5.82 Å². The van der Waals surface area contributed by atoms with Gasteiger partial charge in [-0.2, -0.15) is 5.10 Å². The minimum Gasteiger partial charge on any atom is -0.304 e. The van der Waals surface area contributed by atoms with Crippen LogP contribution in [-0.4, -0.2) is 21.3 Å². The van der Waals surface area contributed by atoms with Crippen LogP contribution in [0.4, 0.5) is 4.39 Å². The highest BCUT2D eigenvalue weighted by Crippen LogP contribution is 2.21. The summed E-state index contributed by atoms with van der Waals surface area (Å²) in [5, 5.41) is 7.43. The zero-order valence-electron chi connectivity index (χ0n) is 10.6. The molecule has 2 heterocycles. The number of nitrogens with zero attached hydrogens (tertiary/aromatic N) is 3. The zero-order chi connectivity index (χ0) is 13.0. The summed E-state index contributed by atoms with van der Waals surface area (Å²) in [5.74, 6) is -0.299. The highest BCUT2D eigenvalue weighted by Gasteiger charge is 2.20. The van der Waals surface area contributed by atoms with Crippen molar-refractivity contribution in [3.05, 3.63) is 47.8 Å². The van der Waals surface area contributed by atoms with Crippen LogP contribution >= 0.6 is 0 Å². The van der Waals surface area contributed by atoms with E-state index >= 15 is 0 Å². The summed E-state index contributed by atoms with van der Waals surface area (Å²) in [6, 6.07) is 4.64. The maximum atomic E-state index is 13.9. The highest BCUT2D eigenvalue weighted by molar-refractivity contribution is 5.22. The summed E-state index contributed by atoms with van der Waals surface area (Å²) in [5.41, 5.74) is 1.32. The molecular formula is C13H17FN4. The number of nitrogens with one attached hydrogen (secondary N) is 1. The molecule has 0 saturated carbocycles. The van der Waals surface area contributed by atoms with Crippen molar-refractivity contribution >= 4 is 0 Å². The van der Waals surface area contributed by atoms with E-state index in [9.17, 15) is 4.39 Å². The first-order valence-electron chi connectivity index (χ1n) is 6.05. The maximum absolute atomic E-state index is 13.9. The number of aromatic nitrogens is 3. The first kappa shape index (κ1) is 12.7. The Balaban J connectivity index is 2.37. The van der Waals surface area contributed by atoms with Crippen LogP contribution < -0.4 is 5.32 Å². The van der Waals surface area contributed by atoms with Gasteiger partial charge in [0.15, 0.2) is 0 Å². The normalized spacial score (nSPS) is 12.6. The van der Waals surface area contributed by atoms with Crippen molar-refractivity contribution in [1.29, 1.82) is 0 Å². The van der Waals surface area contributed by atoms with Gasteiger partial charge in [-0.3, -0.25) is 9.67 Å². The predicted molar refractivity (Wildman–Crippen MR) is 67.5 cm³/mol. The van der Waals surface area contributed by atoms with Crippen LogP contribution in [0.3, 0.4) is 0 Å². The molecule has 0 fully saturated rings. The van der Waals surface area contributed by atoms with Gasteiger partial charge in [-0.1, -0.05) is 6.92 Å². The molecule has 0 saturated heterocycles. The maximum Gasteiger partial charge on any atom is 0.146 e. The van der Waals surface area contributed by atoms with Gasteiger partial charge in [0, 0.05) is 19.4 Å². The number of hydrogen-bond acceptors (Lipinski definition) is 3. The fraction of sp³-hybridized carbons (Fsp3) is 0.385. The third-order valence-electron chi connectivity index (χ3n) is 2.81. The van der Waals surface area contributed by atoms with E-state index in [0.29, 0.717) is 5.69 Å². The van der Waals surface area contributed by atoms with E-state index in [1.807, 2.05) is 13.1 Å². The smallest absolute Gasteiger partial charge is 0.146 e. The topological polar surface area (TPSA) is 42.7 Å². The molecule has 0 radical (unpaired) electrons. The summed E-state index contributed by atoms with van der Waals surface area (Å²) in [7, 11) is 1.84. The van der Waals surface area contributed by atoms with Crippen molar-refractivity contribution in [3.8, 4) is 0 Å². The number of rotatable bonds is 5. The van der Waals surface area contributed by atoms with Gasteiger partial charge >= 0.3 is 0 Å². The van der Waals surface area contributed by atoms with Gasteiger partial charge in [0.1, 0.15) is 5.82 Å². The van der Waals surface area contributed by atoms with Crippen molar-refractivity contribution in [1.82, 2.24) is 20.1 Å². The zero-order valence-corrected chi connectivity index (χ0v) is 10.6. The minimum absolute atomic E-state index is 0.265. The molecule has 0 aliphatic heterocycles. The molecule has 1 N–H and O–H groups in total. The van der Waals surface area contributed by atoms with Gasteiger partial charge in [0.05, 0.1) is 17.4 Å². The molecule has 5 heteroatoms. The van der Waals surface area contributed by atoms with Crippen LogP contribution in [-0.2, 0) is 7.05 Å². The molecule has 2 rings (SSSR count). The third-order valence-corrected chi connectivity index (χ3v) is 2.81. The largest absolute Gasteiger partial charge is 0.304 e. The Bertz CT molecular complexity index is 509. The number of pyridine rings is 1. The molecule has 1 unspecified atom stereocenters. The standard InChI is InChI=1S/C13H17FN4/c1-3-7-15-13(11-6-9-17-18(11)2)12-10(14)5-4-8-16-12/h4-6,8-9,13,15H,3,7H2,1-2H3. The number of halogens is 1. The van der Waals surface area contributed by atoms with E-state index in [1.54, 1.807) is 23.1 Å². The van der Waals surface area contributed by atoms with Crippen molar-refractivity contribution in [2.75, 3.05) is 6.54 Å². The highest BCUT2D eigenvalue weighted by atomic mass is 19.1. The van der Waals surface area contributed by atoms with E-state index in [-0.39, 0.29) is 11.9 Å². The second-order valence-corrected chi connectivity index (χ2v) is 4.14. The average molecular weight is 248 g/mol. The van der Waals surface area contributed by atoms with E-state index in [1.165, 1.54) is 6.07 Å². The fourth-order valence-corrected chi connectivity index (χ4v) is 1.91. The van der Waals surface area contributed by atoms with Gasteiger partial charge in [-0.25, -0.2) is 4.39 Å². The Morgan fingerprint density at radius 3 is 2.83 bits per heavy atom. The van der Waals surface area contributed by atoms with Crippen molar-refractivity contribution < 1.29 is 4.39 Å². The molecule has 96 valence electrons. The van der Waals surface area contributed by atoms with Gasteiger partial charge < -0.3 is 5.32 Å². The van der Waals surface area contributed by atoms with Crippen molar-refractivity contribution in [2.45, 2.75) is 19.4 Å².